The molecule has 2 rings (SSSR count). The first-order valence-electron chi connectivity index (χ1n) is 6.50. The molecule has 3 heteroatoms. The van der Waals surface area contributed by atoms with Crippen LogP contribution in [-0.4, -0.2) is 16.8 Å². The number of rotatable bonds is 4. The smallest absolute Gasteiger partial charge is 0.303 e. The zero-order valence-corrected chi connectivity index (χ0v) is 11.6. The predicted octanol–water partition coefficient (Wildman–Crippen LogP) is 3.78. The minimum atomic E-state index is -0.761. The number of benzene rings is 1. The van der Waals surface area contributed by atoms with E-state index in [0.717, 1.165) is 11.4 Å². The molecule has 0 saturated carbocycles. The number of aliphatic imine (C=N–C) groups is 1. The van der Waals surface area contributed by atoms with E-state index in [2.05, 4.69) is 37.0 Å². The number of carboxylic acids is 1. The summed E-state index contributed by atoms with van der Waals surface area (Å²) in [5.41, 5.74) is 4.29. The van der Waals surface area contributed by atoms with Crippen molar-refractivity contribution in [3.63, 3.8) is 0 Å². The number of hydrogen-bond acceptors (Lipinski definition) is 2. The summed E-state index contributed by atoms with van der Waals surface area (Å²) in [6.45, 7) is 6.23. The minimum Gasteiger partial charge on any atom is -0.481 e. The number of hydrogen-bond donors (Lipinski definition) is 1. The third kappa shape index (κ3) is 2.60. The molecule has 0 amide bonds. The zero-order chi connectivity index (χ0) is 14.0. The lowest BCUT2D eigenvalue weighted by atomic mass is 9.79. The molecule has 1 aliphatic heterocycles. The molecule has 0 fully saturated rings. The molecule has 0 aliphatic carbocycles. The second-order valence-corrected chi connectivity index (χ2v) is 5.25. The average Bonchev–Trinajstić information content (AvgIpc) is 2.58. The molecule has 0 radical (unpaired) electrons. The van der Waals surface area contributed by atoms with Crippen LogP contribution in [0.2, 0.25) is 0 Å². The quantitative estimate of drug-likeness (QED) is 0.834. The van der Waals surface area contributed by atoms with Gasteiger partial charge < -0.3 is 5.11 Å². The first-order valence-corrected chi connectivity index (χ1v) is 6.50. The van der Waals surface area contributed by atoms with E-state index < -0.39 is 5.97 Å². The Morgan fingerprint density at radius 3 is 2.84 bits per heavy atom. The summed E-state index contributed by atoms with van der Waals surface area (Å²) in [7, 11) is 0. The minimum absolute atomic E-state index is 0.170. The summed E-state index contributed by atoms with van der Waals surface area (Å²) < 4.78 is 0. The van der Waals surface area contributed by atoms with Crippen LogP contribution in [0, 0.1) is 6.92 Å². The van der Waals surface area contributed by atoms with E-state index in [1.54, 1.807) is 0 Å². The van der Waals surface area contributed by atoms with Crippen molar-refractivity contribution in [2.45, 2.75) is 39.0 Å². The van der Waals surface area contributed by atoms with Crippen molar-refractivity contribution < 1.29 is 9.90 Å². The summed E-state index contributed by atoms with van der Waals surface area (Å²) in [6, 6.07) is 6.27. The summed E-state index contributed by atoms with van der Waals surface area (Å²) >= 11 is 0. The lowest BCUT2D eigenvalue weighted by molar-refractivity contribution is -0.136. The van der Waals surface area contributed by atoms with Gasteiger partial charge in [0, 0.05) is 12.1 Å². The van der Waals surface area contributed by atoms with E-state index in [1.807, 2.05) is 19.1 Å². The normalized spacial score (nSPS) is 21.5. The summed E-state index contributed by atoms with van der Waals surface area (Å²) in [4.78, 5) is 15.1. The van der Waals surface area contributed by atoms with Crippen LogP contribution in [0.25, 0.3) is 0 Å². The largest absolute Gasteiger partial charge is 0.481 e. The zero-order valence-electron chi connectivity index (χ0n) is 11.6. The van der Waals surface area contributed by atoms with Crippen molar-refractivity contribution in [3.05, 3.63) is 41.5 Å². The number of fused-ring (bicyclic) bond motifs is 1. The van der Waals surface area contributed by atoms with Crippen LogP contribution in [0.5, 0.6) is 0 Å². The van der Waals surface area contributed by atoms with Crippen molar-refractivity contribution in [1.82, 2.24) is 0 Å². The van der Waals surface area contributed by atoms with Crippen LogP contribution in [0.4, 0.5) is 5.69 Å². The van der Waals surface area contributed by atoms with Gasteiger partial charge in [0.2, 0.25) is 0 Å². The van der Waals surface area contributed by atoms with Crippen LogP contribution >= 0.6 is 0 Å². The monoisotopic (exact) mass is 257 g/mol. The second-order valence-electron chi connectivity index (χ2n) is 5.25. The fourth-order valence-corrected chi connectivity index (χ4v) is 2.39. The Morgan fingerprint density at radius 1 is 1.42 bits per heavy atom. The van der Waals surface area contributed by atoms with E-state index in [0.29, 0.717) is 6.42 Å². The number of aliphatic carboxylic acids is 1. The highest BCUT2D eigenvalue weighted by atomic mass is 16.4. The van der Waals surface area contributed by atoms with Crippen molar-refractivity contribution >= 4 is 17.4 Å². The Hall–Kier alpha value is -1.90. The molecule has 100 valence electrons. The van der Waals surface area contributed by atoms with Crippen molar-refractivity contribution in [2.24, 2.45) is 4.99 Å². The first-order chi connectivity index (χ1) is 8.93. The highest BCUT2D eigenvalue weighted by Crippen LogP contribution is 2.41. The van der Waals surface area contributed by atoms with Crippen molar-refractivity contribution in [1.29, 1.82) is 0 Å². The Balaban J connectivity index is 2.26. The van der Waals surface area contributed by atoms with E-state index in [1.165, 1.54) is 11.1 Å². The highest BCUT2D eigenvalue weighted by molar-refractivity contribution is 6.01. The molecule has 1 aromatic rings. The first kappa shape index (κ1) is 13.5. The van der Waals surface area contributed by atoms with Gasteiger partial charge in [-0.15, -0.1) is 0 Å². The number of aryl methyl sites for hydroxylation is 1. The van der Waals surface area contributed by atoms with Gasteiger partial charge in [-0.3, -0.25) is 9.79 Å². The Bertz CT molecular complexity index is 572. The van der Waals surface area contributed by atoms with Crippen LogP contribution in [-0.2, 0) is 10.2 Å². The number of nitrogens with zero attached hydrogens (tertiary/aromatic N) is 1. The van der Waals surface area contributed by atoms with Gasteiger partial charge in [0.15, 0.2) is 0 Å². The standard InChI is InChI=1S/C16H19NO2/c1-11-7-8-14-13(10-11)16(3,12(2)17-14)9-5-4-6-15(18)19/h5,7-10H,4,6H2,1-3H3,(H,18,19)/b9-5+. The molecule has 1 atom stereocenters. The van der Waals surface area contributed by atoms with E-state index in [4.69, 9.17) is 5.11 Å². The van der Waals surface area contributed by atoms with Gasteiger partial charge in [0.05, 0.1) is 11.1 Å². The third-order valence-electron chi connectivity index (χ3n) is 3.73. The fraction of sp³-hybridized carbons (Fsp3) is 0.375. The maximum Gasteiger partial charge on any atom is 0.303 e. The van der Waals surface area contributed by atoms with E-state index in [-0.39, 0.29) is 11.8 Å². The Kier molecular flexibility index (Phi) is 3.56. The van der Waals surface area contributed by atoms with Crippen LogP contribution < -0.4 is 0 Å². The maximum atomic E-state index is 10.5. The molecular formula is C16H19NO2. The summed E-state index contributed by atoms with van der Waals surface area (Å²) in [5, 5.41) is 8.66. The number of carbonyl (C=O) groups is 1. The lowest BCUT2D eigenvalue weighted by Gasteiger charge is -2.22. The Morgan fingerprint density at radius 2 is 2.16 bits per heavy atom. The highest BCUT2D eigenvalue weighted by Gasteiger charge is 2.34. The van der Waals surface area contributed by atoms with Gasteiger partial charge in [0.25, 0.3) is 0 Å². The van der Waals surface area contributed by atoms with Gasteiger partial charge in [-0.05, 0) is 38.8 Å². The van der Waals surface area contributed by atoms with Gasteiger partial charge in [-0.25, -0.2) is 0 Å². The van der Waals surface area contributed by atoms with Crippen molar-refractivity contribution in [2.75, 3.05) is 0 Å². The molecule has 0 aromatic heterocycles. The van der Waals surface area contributed by atoms with Crippen LogP contribution in [0.1, 0.15) is 37.8 Å². The second kappa shape index (κ2) is 5.00. The average molecular weight is 257 g/mol. The Labute approximate surface area is 113 Å². The molecule has 1 heterocycles. The molecule has 1 unspecified atom stereocenters. The van der Waals surface area contributed by atoms with Gasteiger partial charge in [-0.1, -0.05) is 29.8 Å². The molecule has 19 heavy (non-hydrogen) atoms. The summed E-state index contributed by atoms with van der Waals surface area (Å²) in [5.74, 6) is -0.761. The van der Waals surface area contributed by atoms with Gasteiger partial charge >= 0.3 is 5.97 Å². The van der Waals surface area contributed by atoms with Crippen molar-refractivity contribution in [3.8, 4) is 0 Å². The molecule has 1 aromatic carbocycles. The fourth-order valence-electron chi connectivity index (χ4n) is 2.39. The number of allylic oxidation sites excluding steroid dienone is 2. The summed E-state index contributed by atoms with van der Waals surface area (Å²) in [6.07, 6.45) is 4.76. The molecular weight excluding hydrogens is 238 g/mol. The molecule has 0 saturated heterocycles. The lowest BCUT2D eigenvalue weighted by Crippen LogP contribution is -2.24. The molecule has 1 aliphatic rings. The third-order valence-corrected chi connectivity index (χ3v) is 3.73. The van der Waals surface area contributed by atoms with Gasteiger partial charge in [-0.2, -0.15) is 0 Å². The molecule has 1 N–H and O–H groups in total. The predicted molar refractivity (Wildman–Crippen MR) is 77.3 cm³/mol. The molecule has 0 bridgehead atoms. The van der Waals surface area contributed by atoms with E-state index >= 15 is 0 Å². The maximum absolute atomic E-state index is 10.5. The SMILES string of the molecule is CC1=Nc2ccc(C)cc2C1(C)/C=C/CCC(=O)O. The molecule has 0 spiro atoms. The van der Waals surface area contributed by atoms with Gasteiger partial charge in [0.1, 0.15) is 0 Å². The van der Waals surface area contributed by atoms with Crippen LogP contribution in [0.15, 0.2) is 35.3 Å². The topological polar surface area (TPSA) is 49.7 Å². The van der Waals surface area contributed by atoms with E-state index in [9.17, 15) is 4.79 Å². The molecule has 3 nitrogen and oxygen atoms in total. The van der Waals surface area contributed by atoms with Crippen LogP contribution in [0.3, 0.4) is 0 Å². The number of carboxylic acid groups (broad SMARTS) is 1.